The molecular weight excluding hydrogens is 473 g/mol. The molecule has 0 spiro atoms. The van der Waals surface area contributed by atoms with E-state index in [-0.39, 0.29) is 17.6 Å². The topological polar surface area (TPSA) is 114 Å². The number of benzene rings is 1. The maximum atomic E-state index is 13.6. The summed E-state index contributed by atoms with van der Waals surface area (Å²) in [5, 5.41) is 5.07. The first-order valence-electron chi connectivity index (χ1n) is 11.6. The quantitative estimate of drug-likeness (QED) is 0.443. The minimum Gasteiger partial charge on any atom is -0.346 e. The second-order valence-corrected chi connectivity index (χ2v) is 11.6. The van der Waals surface area contributed by atoms with Gasteiger partial charge in [-0.25, -0.2) is 12.8 Å². The summed E-state index contributed by atoms with van der Waals surface area (Å²) in [6.07, 6.45) is 3.51. The van der Waals surface area contributed by atoms with Crippen molar-refractivity contribution >= 4 is 33.1 Å². The van der Waals surface area contributed by atoms with Crippen LogP contribution in [0, 0.1) is 19.7 Å². The molecule has 0 aliphatic heterocycles. The monoisotopic (exact) mass is 505 g/mol. The number of hydrogen-bond acceptors (Lipinski definition) is 5. The highest BCUT2D eigenvalue weighted by atomic mass is 32.2. The molecule has 1 aliphatic rings. The van der Waals surface area contributed by atoms with E-state index in [0.717, 1.165) is 0 Å². The molecule has 0 saturated heterocycles. The number of aromatic nitrogens is 1. The molecule has 8 nitrogen and oxygen atoms in total. The summed E-state index contributed by atoms with van der Waals surface area (Å²) in [5.41, 5.74) is 2.24. The Bertz CT molecular complexity index is 1270. The summed E-state index contributed by atoms with van der Waals surface area (Å²) in [6, 6.07) is 3.98. The first-order valence-corrected chi connectivity index (χ1v) is 13.6. The summed E-state index contributed by atoms with van der Waals surface area (Å²) in [5.74, 6) is -2.35. The van der Waals surface area contributed by atoms with E-state index in [9.17, 15) is 27.2 Å². The van der Waals surface area contributed by atoms with E-state index in [2.05, 4.69) is 10.6 Å². The zero-order chi connectivity index (χ0) is 26.1. The highest BCUT2D eigenvalue weighted by Gasteiger charge is 2.33. The van der Waals surface area contributed by atoms with Crippen molar-refractivity contribution in [2.75, 3.05) is 11.6 Å². The zero-order valence-corrected chi connectivity index (χ0v) is 21.5. The van der Waals surface area contributed by atoms with Crippen molar-refractivity contribution in [2.24, 2.45) is 7.05 Å². The van der Waals surface area contributed by atoms with Crippen LogP contribution in [-0.2, 0) is 28.1 Å². The lowest BCUT2D eigenvalue weighted by atomic mass is 9.94. The minimum atomic E-state index is -3.13. The molecule has 2 N–H and O–H groups in total. The molecule has 1 aliphatic carbocycles. The van der Waals surface area contributed by atoms with E-state index in [1.54, 1.807) is 25.5 Å². The van der Waals surface area contributed by atoms with Crippen LogP contribution in [0.3, 0.4) is 0 Å². The van der Waals surface area contributed by atoms with Crippen LogP contribution in [-0.4, -0.2) is 48.1 Å². The van der Waals surface area contributed by atoms with Crippen LogP contribution in [0.5, 0.6) is 0 Å². The van der Waals surface area contributed by atoms with Crippen molar-refractivity contribution in [1.29, 1.82) is 0 Å². The Morgan fingerprint density at radius 2 is 1.74 bits per heavy atom. The average molecular weight is 506 g/mol. The fourth-order valence-electron chi connectivity index (χ4n) is 4.84. The Labute approximate surface area is 205 Å². The van der Waals surface area contributed by atoms with E-state index in [1.165, 1.54) is 24.5 Å². The van der Waals surface area contributed by atoms with Crippen molar-refractivity contribution in [3.05, 3.63) is 52.1 Å². The van der Waals surface area contributed by atoms with Gasteiger partial charge in [0.1, 0.15) is 15.7 Å². The number of nitrogens with zero attached hydrogens (tertiary/aromatic N) is 1. The second-order valence-electron chi connectivity index (χ2n) is 9.23. The molecule has 1 aromatic heterocycles. The third-order valence-electron chi connectivity index (χ3n) is 6.77. The summed E-state index contributed by atoms with van der Waals surface area (Å²) < 4.78 is 38.7. The fourth-order valence-corrected chi connectivity index (χ4v) is 5.97. The molecular formula is C25H32FN3O5S. The maximum absolute atomic E-state index is 13.6. The van der Waals surface area contributed by atoms with Gasteiger partial charge in [0.05, 0.1) is 16.5 Å². The van der Waals surface area contributed by atoms with Gasteiger partial charge in [-0.3, -0.25) is 14.4 Å². The first kappa shape index (κ1) is 26.6. The second kappa shape index (κ2) is 10.3. The molecule has 1 fully saturated rings. The Kier molecular flexibility index (Phi) is 7.83. The Balaban J connectivity index is 1.79. The number of carbonyl (C=O) groups excluding carboxylic acids is 3. The van der Waals surface area contributed by atoms with E-state index >= 15 is 0 Å². The van der Waals surface area contributed by atoms with Gasteiger partial charge in [-0.2, -0.15) is 0 Å². The number of nitrogens with one attached hydrogen (secondary N) is 2. The van der Waals surface area contributed by atoms with Crippen LogP contribution in [0.2, 0.25) is 0 Å². The van der Waals surface area contributed by atoms with Crippen LogP contribution < -0.4 is 10.6 Å². The highest BCUT2D eigenvalue weighted by Crippen LogP contribution is 2.26. The molecule has 190 valence electrons. The molecule has 0 bridgehead atoms. The number of aryl methyl sites for hydroxylation is 1. The SMILES string of the molecule is CCc1c(C(=O)Nc2ccc(F)c(C)c2)c(C)c(C(=O)C(=O)NC2CCC(S(C)(=O)=O)CC2)n1C. The van der Waals surface area contributed by atoms with Gasteiger partial charge in [-0.15, -0.1) is 0 Å². The van der Waals surface area contributed by atoms with Crippen molar-refractivity contribution in [3.8, 4) is 0 Å². The van der Waals surface area contributed by atoms with Crippen LogP contribution in [0.15, 0.2) is 18.2 Å². The number of Topliss-reactive ketones (excluding diaryl/α,β-unsaturated/α-hetero) is 1. The van der Waals surface area contributed by atoms with Gasteiger partial charge in [-0.05, 0) is 75.3 Å². The fraction of sp³-hybridized carbons (Fsp3) is 0.480. The molecule has 2 amide bonds. The predicted octanol–water partition coefficient (Wildman–Crippen LogP) is 3.25. The lowest BCUT2D eigenvalue weighted by Crippen LogP contribution is -2.43. The van der Waals surface area contributed by atoms with Gasteiger partial charge < -0.3 is 15.2 Å². The molecule has 2 aromatic rings. The summed E-state index contributed by atoms with van der Waals surface area (Å²) in [7, 11) is -1.49. The Hall–Kier alpha value is -3.01. The number of sulfone groups is 1. The van der Waals surface area contributed by atoms with Gasteiger partial charge in [-0.1, -0.05) is 6.92 Å². The molecule has 0 radical (unpaired) electrons. The minimum absolute atomic E-state index is 0.129. The largest absolute Gasteiger partial charge is 0.346 e. The molecule has 1 saturated carbocycles. The number of carbonyl (C=O) groups is 3. The summed E-state index contributed by atoms with van der Waals surface area (Å²) in [4.78, 5) is 39.0. The van der Waals surface area contributed by atoms with Crippen molar-refractivity contribution < 1.29 is 27.2 Å². The van der Waals surface area contributed by atoms with Crippen molar-refractivity contribution in [2.45, 2.75) is 64.2 Å². The van der Waals surface area contributed by atoms with Gasteiger partial charge in [0.15, 0.2) is 0 Å². The van der Waals surface area contributed by atoms with E-state index < -0.39 is 32.7 Å². The van der Waals surface area contributed by atoms with Crippen LogP contribution >= 0.6 is 0 Å². The third kappa shape index (κ3) is 5.63. The van der Waals surface area contributed by atoms with Crippen molar-refractivity contribution in [3.63, 3.8) is 0 Å². The number of ketones is 1. The molecule has 0 atom stereocenters. The van der Waals surface area contributed by atoms with Gasteiger partial charge in [0, 0.05) is 30.7 Å². The number of anilines is 1. The van der Waals surface area contributed by atoms with E-state index in [1.807, 2.05) is 6.92 Å². The lowest BCUT2D eigenvalue weighted by molar-refractivity contribution is -0.117. The van der Waals surface area contributed by atoms with Gasteiger partial charge in [0.25, 0.3) is 17.6 Å². The number of halogens is 1. The molecule has 3 rings (SSSR count). The molecule has 10 heteroatoms. The zero-order valence-electron chi connectivity index (χ0n) is 20.7. The van der Waals surface area contributed by atoms with E-state index in [0.29, 0.717) is 60.2 Å². The normalized spacial score (nSPS) is 18.2. The maximum Gasteiger partial charge on any atom is 0.294 e. The standard InChI is InChI=1S/C25H32FN3O5S/c1-6-20-21(24(31)28-17-9-12-19(26)14(2)13-17)15(3)22(29(20)4)23(30)25(32)27-16-7-10-18(11-8-16)35(5,33)34/h9,12-13,16,18H,6-8,10-11H2,1-5H3,(H,27,32)(H,28,31). The molecule has 1 aromatic carbocycles. The van der Waals surface area contributed by atoms with E-state index in [4.69, 9.17) is 0 Å². The van der Waals surface area contributed by atoms with Gasteiger partial charge in [0.2, 0.25) is 0 Å². The Morgan fingerprint density at radius 3 is 2.29 bits per heavy atom. The number of rotatable bonds is 7. The number of hydrogen-bond donors (Lipinski definition) is 2. The Morgan fingerprint density at radius 1 is 1.11 bits per heavy atom. The summed E-state index contributed by atoms with van der Waals surface area (Å²) >= 11 is 0. The molecule has 0 unspecified atom stereocenters. The lowest BCUT2D eigenvalue weighted by Gasteiger charge is -2.27. The van der Waals surface area contributed by atoms with Crippen LogP contribution in [0.1, 0.15) is 70.3 Å². The van der Waals surface area contributed by atoms with Gasteiger partial charge >= 0.3 is 0 Å². The third-order valence-corrected chi connectivity index (χ3v) is 8.46. The number of amides is 2. The molecule has 1 heterocycles. The van der Waals surface area contributed by atoms with Crippen LogP contribution in [0.25, 0.3) is 0 Å². The smallest absolute Gasteiger partial charge is 0.294 e. The first-order chi connectivity index (χ1) is 16.3. The predicted molar refractivity (Wildman–Crippen MR) is 132 cm³/mol. The average Bonchev–Trinajstić information content (AvgIpc) is 3.04. The molecule has 35 heavy (non-hydrogen) atoms. The van der Waals surface area contributed by atoms with Crippen LogP contribution in [0.4, 0.5) is 10.1 Å². The highest BCUT2D eigenvalue weighted by molar-refractivity contribution is 7.91. The van der Waals surface area contributed by atoms with Crippen molar-refractivity contribution in [1.82, 2.24) is 9.88 Å². The summed E-state index contributed by atoms with van der Waals surface area (Å²) in [6.45, 7) is 5.07.